The average Bonchev–Trinajstić information content (AvgIpc) is 2.60. The second kappa shape index (κ2) is 9.10. The zero-order valence-corrected chi connectivity index (χ0v) is 14.8. The number of amides is 1. The second-order valence-electron chi connectivity index (χ2n) is 5.50. The minimum absolute atomic E-state index is 0.0187. The lowest BCUT2D eigenvalue weighted by Gasteiger charge is -2.07. The van der Waals surface area contributed by atoms with Crippen molar-refractivity contribution in [2.45, 2.75) is 19.8 Å². The van der Waals surface area contributed by atoms with E-state index in [0.717, 1.165) is 18.6 Å². The van der Waals surface area contributed by atoms with E-state index in [1.165, 1.54) is 18.2 Å². The van der Waals surface area contributed by atoms with Crippen LogP contribution in [0.4, 0.5) is 10.1 Å². The van der Waals surface area contributed by atoms with E-state index in [1.54, 1.807) is 12.1 Å². The summed E-state index contributed by atoms with van der Waals surface area (Å²) in [5, 5.41) is 2.62. The van der Waals surface area contributed by atoms with Crippen molar-refractivity contribution in [3.8, 4) is 0 Å². The summed E-state index contributed by atoms with van der Waals surface area (Å²) in [5.74, 6) is -1.90. The number of nitrogens with one attached hydrogen (secondary N) is 1. The molecule has 0 bridgehead atoms. The first-order chi connectivity index (χ1) is 12.4. The van der Waals surface area contributed by atoms with Gasteiger partial charge in [0.15, 0.2) is 12.4 Å². The fourth-order valence-corrected chi connectivity index (χ4v) is 2.38. The van der Waals surface area contributed by atoms with Crippen LogP contribution >= 0.6 is 11.6 Å². The van der Waals surface area contributed by atoms with Gasteiger partial charge in [-0.05, 0) is 48.9 Å². The first kappa shape index (κ1) is 19.6. The maximum absolute atomic E-state index is 13.0. The van der Waals surface area contributed by atoms with Crippen LogP contribution in [0, 0.1) is 5.82 Å². The van der Waals surface area contributed by atoms with Gasteiger partial charge in [-0.2, -0.15) is 0 Å². The molecule has 136 valence electrons. The van der Waals surface area contributed by atoms with Gasteiger partial charge in [0, 0.05) is 17.7 Å². The van der Waals surface area contributed by atoms with Gasteiger partial charge >= 0.3 is 5.97 Å². The van der Waals surface area contributed by atoms with Gasteiger partial charge in [0.25, 0.3) is 0 Å². The molecule has 1 amide bonds. The monoisotopic (exact) mass is 377 g/mol. The number of ketones is 1. The molecule has 0 aliphatic heterocycles. The van der Waals surface area contributed by atoms with Crippen molar-refractivity contribution in [1.82, 2.24) is 0 Å². The number of esters is 1. The molecule has 0 aliphatic carbocycles. The zero-order valence-electron chi connectivity index (χ0n) is 14.1. The number of carbonyl (C=O) groups excluding carboxylic acids is 3. The third-order valence-electron chi connectivity index (χ3n) is 3.45. The number of rotatable bonds is 7. The van der Waals surface area contributed by atoms with Crippen LogP contribution in [-0.2, 0) is 9.53 Å². The summed E-state index contributed by atoms with van der Waals surface area (Å²) in [5.41, 5.74) is 0.890. The smallest absolute Gasteiger partial charge is 0.340 e. The molecule has 0 aliphatic rings. The van der Waals surface area contributed by atoms with Gasteiger partial charge in [0.05, 0.1) is 10.6 Å². The highest BCUT2D eigenvalue weighted by Gasteiger charge is 2.15. The number of halogens is 2. The first-order valence-corrected chi connectivity index (χ1v) is 8.33. The van der Waals surface area contributed by atoms with E-state index in [1.807, 2.05) is 6.92 Å². The molecule has 5 nitrogen and oxygen atoms in total. The first-order valence-electron chi connectivity index (χ1n) is 7.96. The van der Waals surface area contributed by atoms with Crippen LogP contribution in [-0.4, -0.2) is 24.3 Å². The highest BCUT2D eigenvalue weighted by molar-refractivity contribution is 6.33. The Bertz CT molecular complexity index is 821. The second-order valence-corrected chi connectivity index (χ2v) is 5.91. The van der Waals surface area contributed by atoms with Gasteiger partial charge in [-0.3, -0.25) is 9.59 Å². The maximum atomic E-state index is 13.0. The average molecular weight is 378 g/mol. The molecule has 0 spiro atoms. The van der Waals surface area contributed by atoms with E-state index in [0.29, 0.717) is 17.7 Å². The molecule has 0 fully saturated rings. The van der Waals surface area contributed by atoms with Gasteiger partial charge in [-0.1, -0.05) is 18.5 Å². The number of anilines is 1. The molecule has 0 saturated carbocycles. The van der Waals surface area contributed by atoms with Crippen LogP contribution < -0.4 is 5.32 Å². The van der Waals surface area contributed by atoms with Gasteiger partial charge < -0.3 is 10.1 Å². The normalized spacial score (nSPS) is 10.3. The van der Waals surface area contributed by atoms with E-state index in [9.17, 15) is 18.8 Å². The summed E-state index contributed by atoms with van der Waals surface area (Å²) in [6, 6.07) is 9.52. The number of carbonyl (C=O) groups is 3. The van der Waals surface area contributed by atoms with Crippen molar-refractivity contribution in [3.63, 3.8) is 0 Å². The maximum Gasteiger partial charge on any atom is 0.340 e. The fourth-order valence-electron chi connectivity index (χ4n) is 2.14. The lowest BCUT2D eigenvalue weighted by atomic mass is 10.1. The van der Waals surface area contributed by atoms with Gasteiger partial charge in [0.1, 0.15) is 5.82 Å². The predicted molar refractivity (Wildman–Crippen MR) is 96.0 cm³/mol. The molecule has 7 heteroatoms. The van der Waals surface area contributed by atoms with Crippen molar-refractivity contribution in [3.05, 3.63) is 64.4 Å². The van der Waals surface area contributed by atoms with Crippen LogP contribution in [0.5, 0.6) is 0 Å². The summed E-state index contributed by atoms with van der Waals surface area (Å²) < 4.78 is 17.9. The van der Waals surface area contributed by atoms with E-state index in [-0.39, 0.29) is 16.5 Å². The van der Waals surface area contributed by atoms with Crippen LogP contribution in [0.1, 0.15) is 40.5 Å². The Hall–Kier alpha value is -2.73. The Balaban J connectivity index is 1.93. The number of hydrogen-bond donors (Lipinski definition) is 1. The highest BCUT2D eigenvalue weighted by atomic mass is 35.5. The Morgan fingerprint density at radius 3 is 2.42 bits per heavy atom. The molecular formula is C19H17ClFNO4. The van der Waals surface area contributed by atoms with E-state index in [2.05, 4.69) is 5.32 Å². The molecule has 2 aromatic carbocycles. The molecule has 0 atom stereocenters. The van der Waals surface area contributed by atoms with E-state index < -0.39 is 24.2 Å². The molecule has 0 radical (unpaired) electrons. The van der Waals surface area contributed by atoms with Gasteiger partial charge in [0.2, 0.25) is 5.91 Å². The number of ether oxygens (including phenoxy) is 1. The van der Waals surface area contributed by atoms with Crippen molar-refractivity contribution in [2.24, 2.45) is 0 Å². The Morgan fingerprint density at radius 2 is 1.81 bits per heavy atom. The molecular weight excluding hydrogens is 361 g/mol. The summed E-state index contributed by atoms with van der Waals surface area (Å²) in [6.07, 6.45) is 1.16. The van der Waals surface area contributed by atoms with Crippen LogP contribution in [0.15, 0.2) is 42.5 Å². The van der Waals surface area contributed by atoms with Crippen molar-refractivity contribution < 1.29 is 23.5 Å². The summed E-state index contributed by atoms with van der Waals surface area (Å²) in [4.78, 5) is 35.5. The minimum atomic E-state index is -0.813. The molecule has 1 N–H and O–H groups in total. The van der Waals surface area contributed by atoms with E-state index in [4.69, 9.17) is 16.3 Å². The quantitative estimate of drug-likeness (QED) is 0.578. The third-order valence-corrected chi connectivity index (χ3v) is 3.77. The lowest BCUT2D eigenvalue weighted by Crippen LogP contribution is -2.15. The SMILES string of the molecule is CCCC(=O)Nc1ccc(C(=O)COC(=O)c2ccc(F)cc2Cl)cc1. The van der Waals surface area contributed by atoms with Gasteiger partial charge in [-0.15, -0.1) is 0 Å². The molecule has 0 unspecified atom stereocenters. The van der Waals surface area contributed by atoms with Crippen LogP contribution in [0.2, 0.25) is 5.02 Å². The van der Waals surface area contributed by atoms with E-state index >= 15 is 0 Å². The molecule has 0 heterocycles. The molecule has 2 aromatic rings. The van der Waals surface area contributed by atoms with Crippen molar-refractivity contribution in [1.29, 1.82) is 0 Å². The van der Waals surface area contributed by atoms with Gasteiger partial charge in [-0.25, -0.2) is 9.18 Å². The number of hydrogen-bond acceptors (Lipinski definition) is 4. The number of benzene rings is 2. The largest absolute Gasteiger partial charge is 0.454 e. The predicted octanol–water partition coefficient (Wildman–Crippen LogP) is 4.26. The minimum Gasteiger partial charge on any atom is -0.454 e. The van der Waals surface area contributed by atoms with Crippen LogP contribution in [0.25, 0.3) is 0 Å². The van der Waals surface area contributed by atoms with Crippen molar-refractivity contribution >= 4 is 34.9 Å². The van der Waals surface area contributed by atoms with Crippen LogP contribution in [0.3, 0.4) is 0 Å². The third kappa shape index (κ3) is 5.39. The Labute approximate surface area is 155 Å². The summed E-state index contributed by atoms with van der Waals surface area (Å²) in [7, 11) is 0. The standard InChI is InChI=1S/C19H17ClFNO4/c1-2-3-18(24)22-14-7-4-12(5-8-14)17(23)11-26-19(25)15-9-6-13(21)10-16(15)20/h4-10H,2-3,11H2,1H3,(H,22,24). The Morgan fingerprint density at radius 1 is 1.12 bits per heavy atom. The molecule has 2 rings (SSSR count). The number of Topliss-reactive ketones (excluding diaryl/α,β-unsaturated/α-hetero) is 1. The molecule has 0 saturated heterocycles. The van der Waals surface area contributed by atoms with Crippen molar-refractivity contribution in [2.75, 3.05) is 11.9 Å². The Kier molecular flexibility index (Phi) is 6.86. The molecule has 26 heavy (non-hydrogen) atoms. The summed E-state index contributed by atoms with van der Waals surface area (Å²) >= 11 is 5.78. The fraction of sp³-hybridized carbons (Fsp3) is 0.211. The highest BCUT2D eigenvalue weighted by Crippen LogP contribution is 2.18. The zero-order chi connectivity index (χ0) is 19.1. The lowest BCUT2D eigenvalue weighted by molar-refractivity contribution is -0.116. The summed E-state index contributed by atoms with van der Waals surface area (Å²) in [6.45, 7) is 1.43. The molecule has 0 aromatic heterocycles. The topological polar surface area (TPSA) is 72.5 Å².